The minimum Gasteiger partial charge on any atom is -0.280 e. The summed E-state index contributed by atoms with van der Waals surface area (Å²) >= 11 is 5.74. The van der Waals surface area contributed by atoms with Gasteiger partial charge in [-0.25, -0.2) is 12.8 Å². The van der Waals surface area contributed by atoms with Gasteiger partial charge in [-0.1, -0.05) is 36.6 Å². The number of halogens is 2. The summed E-state index contributed by atoms with van der Waals surface area (Å²) in [5.41, 5.74) is 1.17. The van der Waals surface area contributed by atoms with Crippen LogP contribution < -0.4 is 4.72 Å². The van der Waals surface area contributed by atoms with Crippen molar-refractivity contribution in [1.29, 1.82) is 0 Å². The Balaban J connectivity index is 1.59. The molecule has 6 nitrogen and oxygen atoms in total. The number of imide groups is 1. The van der Waals surface area contributed by atoms with Gasteiger partial charge in [0.25, 0.3) is 10.0 Å². The van der Waals surface area contributed by atoms with Gasteiger partial charge in [-0.2, -0.15) is 0 Å². The fraction of sp³-hybridized carbons (Fsp3) is 0.364. The maximum absolute atomic E-state index is 13.4. The smallest absolute Gasteiger partial charge is 0.262 e. The van der Waals surface area contributed by atoms with Crippen LogP contribution in [0.25, 0.3) is 0 Å². The topological polar surface area (TPSA) is 83.6 Å². The molecule has 1 N–H and O–H groups in total. The van der Waals surface area contributed by atoms with Gasteiger partial charge in [0, 0.05) is 0 Å². The van der Waals surface area contributed by atoms with Crippen molar-refractivity contribution in [2.75, 3.05) is 4.72 Å². The lowest BCUT2D eigenvalue weighted by atomic mass is 9.81. The minimum atomic E-state index is -4.00. The number of nitrogens with one attached hydrogen (secondary N) is 1. The molecule has 164 valence electrons. The van der Waals surface area contributed by atoms with E-state index in [9.17, 15) is 22.4 Å². The van der Waals surface area contributed by atoms with E-state index in [4.69, 9.17) is 11.6 Å². The first kappa shape index (κ1) is 21.8. The van der Waals surface area contributed by atoms with Gasteiger partial charge in [0.15, 0.2) is 0 Å². The first-order valence-corrected chi connectivity index (χ1v) is 12.0. The van der Waals surface area contributed by atoms with Crippen molar-refractivity contribution in [3.05, 3.63) is 58.4 Å². The predicted octanol–water partition coefficient (Wildman–Crippen LogP) is 4.26. The number of nitrogens with zero attached hydrogens (tertiary/aromatic N) is 1. The number of amides is 2. The van der Waals surface area contributed by atoms with Crippen molar-refractivity contribution in [2.24, 2.45) is 11.8 Å². The molecule has 1 saturated carbocycles. The maximum Gasteiger partial charge on any atom is 0.262 e. The Morgan fingerprint density at radius 1 is 1.06 bits per heavy atom. The highest BCUT2D eigenvalue weighted by atomic mass is 35.5. The van der Waals surface area contributed by atoms with E-state index in [0.29, 0.717) is 11.1 Å². The standard InChI is InChI=1S/C22H22ClFN2O4S/c1-13-6-7-14(12-26-21(27)16-4-2-3-5-17(16)22(26)28)10-20(13)31(29,30)25-15-8-9-19(24)18(23)11-15/h6-11,16-17,25H,2-5,12H2,1H3. The van der Waals surface area contributed by atoms with E-state index in [1.807, 2.05) is 0 Å². The number of hydrogen-bond acceptors (Lipinski definition) is 4. The van der Waals surface area contributed by atoms with Crippen LogP contribution >= 0.6 is 11.6 Å². The molecule has 1 aliphatic carbocycles. The van der Waals surface area contributed by atoms with E-state index in [1.54, 1.807) is 19.1 Å². The second-order valence-electron chi connectivity index (χ2n) is 8.09. The van der Waals surface area contributed by atoms with Crippen molar-refractivity contribution in [2.45, 2.75) is 44.0 Å². The van der Waals surface area contributed by atoms with Crippen molar-refractivity contribution in [3.63, 3.8) is 0 Å². The van der Waals surface area contributed by atoms with Gasteiger partial charge in [-0.15, -0.1) is 0 Å². The summed E-state index contributed by atoms with van der Waals surface area (Å²) < 4.78 is 41.7. The lowest BCUT2D eigenvalue weighted by Gasteiger charge is -2.19. The molecule has 0 aromatic heterocycles. The van der Waals surface area contributed by atoms with Crippen molar-refractivity contribution in [3.8, 4) is 0 Å². The fourth-order valence-electron chi connectivity index (χ4n) is 4.37. The summed E-state index contributed by atoms with van der Waals surface area (Å²) in [5.74, 6) is -1.49. The molecule has 0 spiro atoms. The van der Waals surface area contributed by atoms with E-state index in [1.165, 1.54) is 23.1 Å². The highest BCUT2D eigenvalue weighted by molar-refractivity contribution is 7.92. The normalized spacial score (nSPS) is 21.3. The molecule has 2 unspecified atom stereocenters. The molecular formula is C22H22ClFN2O4S. The van der Waals surface area contributed by atoms with Gasteiger partial charge >= 0.3 is 0 Å². The lowest BCUT2D eigenvalue weighted by Crippen LogP contribution is -2.30. The molecular weight excluding hydrogens is 443 g/mol. The van der Waals surface area contributed by atoms with Crippen LogP contribution in [0.1, 0.15) is 36.8 Å². The average molecular weight is 465 g/mol. The monoisotopic (exact) mass is 464 g/mol. The highest BCUT2D eigenvalue weighted by Gasteiger charge is 2.47. The average Bonchev–Trinajstić information content (AvgIpc) is 2.97. The van der Waals surface area contributed by atoms with Crippen LogP contribution in [-0.4, -0.2) is 25.1 Å². The molecule has 2 aromatic rings. The minimum absolute atomic E-state index is 0.0157. The Hall–Kier alpha value is -2.45. The summed E-state index contributed by atoms with van der Waals surface area (Å²) in [6.45, 7) is 1.69. The molecule has 2 amide bonds. The van der Waals surface area contributed by atoms with Gasteiger partial charge in [-0.05, 0) is 55.2 Å². The number of hydrogen-bond donors (Lipinski definition) is 1. The zero-order valence-electron chi connectivity index (χ0n) is 16.9. The van der Waals surface area contributed by atoms with Crippen molar-refractivity contribution >= 4 is 39.1 Å². The Kier molecular flexibility index (Phi) is 5.79. The zero-order valence-corrected chi connectivity index (χ0v) is 18.5. The maximum atomic E-state index is 13.4. The van der Waals surface area contributed by atoms with Crippen LogP contribution in [0.5, 0.6) is 0 Å². The van der Waals surface area contributed by atoms with E-state index in [0.717, 1.165) is 31.7 Å². The molecule has 2 atom stereocenters. The van der Waals surface area contributed by atoms with Crippen LogP contribution in [0, 0.1) is 24.6 Å². The largest absolute Gasteiger partial charge is 0.280 e. The first-order chi connectivity index (χ1) is 14.7. The third-order valence-electron chi connectivity index (χ3n) is 5.99. The number of benzene rings is 2. The quantitative estimate of drug-likeness (QED) is 0.670. The third-order valence-corrected chi connectivity index (χ3v) is 7.80. The number of carbonyl (C=O) groups excluding carboxylic acids is 2. The SMILES string of the molecule is Cc1ccc(CN2C(=O)C3CCCCC3C2=O)cc1S(=O)(=O)Nc1ccc(F)c(Cl)c1. The summed E-state index contributed by atoms with van der Waals surface area (Å²) in [6.07, 6.45) is 3.34. The number of aryl methyl sites for hydroxylation is 1. The molecule has 1 heterocycles. The summed E-state index contributed by atoms with van der Waals surface area (Å²) in [7, 11) is -4.00. The van der Waals surface area contributed by atoms with Gasteiger partial charge in [0.1, 0.15) is 5.82 Å². The second-order valence-corrected chi connectivity index (χ2v) is 10.2. The fourth-order valence-corrected chi connectivity index (χ4v) is 5.90. The number of rotatable bonds is 5. The Morgan fingerprint density at radius 2 is 1.71 bits per heavy atom. The summed E-state index contributed by atoms with van der Waals surface area (Å²) in [4.78, 5) is 26.7. The number of anilines is 1. The van der Waals surface area contributed by atoms with Gasteiger partial charge in [0.2, 0.25) is 11.8 Å². The lowest BCUT2D eigenvalue weighted by molar-refractivity contribution is -0.140. The van der Waals surface area contributed by atoms with Gasteiger partial charge < -0.3 is 0 Å². The molecule has 1 aliphatic heterocycles. The molecule has 1 saturated heterocycles. The molecule has 0 bridgehead atoms. The number of carbonyl (C=O) groups is 2. The van der Waals surface area contributed by atoms with Gasteiger partial charge in [-0.3, -0.25) is 19.2 Å². The molecule has 9 heteroatoms. The van der Waals surface area contributed by atoms with E-state index < -0.39 is 15.8 Å². The predicted molar refractivity (Wildman–Crippen MR) is 114 cm³/mol. The molecule has 4 rings (SSSR count). The number of likely N-dealkylation sites (tertiary alicyclic amines) is 1. The molecule has 0 radical (unpaired) electrons. The molecule has 31 heavy (non-hydrogen) atoms. The summed E-state index contributed by atoms with van der Waals surface area (Å²) in [5, 5.41) is -0.196. The zero-order chi connectivity index (χ0) is 22.3. The van der Waals surface area contributed by atoms with Crippen molar-refractivity contribution < 1.29 is 22.4 Å². The van der Waals surface area contributed by atoms with Crippen LogP contribution in [0.3, 0.4) is 0 Å². The van der Waals surface area contributed by atoms with E-state index in [-0.39, 0.29) is 45.8 Å². The van der Waals surface area contributed by atoms with Crippen LogP contribution in [0.2, 0.25) is 5.02 Å². The molecule has 2 fully saturated rings. The van der Waals surface area contributed by atoms with Gasteiger partial charge in [0.05, 0.1) is 34.0 Å². The second kappa shape index (κ2) is 8.24. The molecule has 2 aromatic carbocycles. The summed E-state index contributed by atoms with van der Waals surface area (Å²) in [6, 6.07) is 8.36. The number of fused-ring (bicyclic) bond motifs is 1. The highest BCUT2D eigenvalue weighted by Crippen LogP contribution is 2.38. The molecule has 2 aliphatic rings. The Labute approximate surface area is 185 Å². The van der Waals surface area contributed by atoms with E-state index >= 15 is 0 Å². The van der Waals surface area contributed by atoms with E-state index in [2.05, 4.69) is 4.72 Å². The van der Waals surface area contributed by atoms with Crippen LogP contribution in [0.4, 0.5) is 10.1 Å². The first-order valence-electron chi connectivity index (χ1n) is 10.1. The Morgan fingerprint density at radius 3 is 2.32 bits per heavy atom. The number of sulfonamides is 1. The van der Waals surface area contributed by atoms with Crippen LogP contribution in [0.15, 0.2) is 41.3 Å². The third kappa shape index (κ3) is 4.19. The Bertz CT molecular complexity index is 1140. The van der Waals surface area contributed by atoms with Crippen LogP contribution in [-0.2, 0) is 26.2 Å². The van der Waals surface area contributed by atoms with Crippen molar-refractivity contribution in [1.82, 2.24) is 4.90 Å².